The van der Waals surface area contributed by atoms with E-state index in [1.165, 1.54) is 5.56 Å². The second-order valence-electron chi connectivity index (χ2n) is 6.72. The van der Waals surface area contributed by atoms with Gasteiger partial charge in [0.05, 0.1) is 19.8 Å². The van der Waals surface area contributed by atoms with Gasteiger partial charge in [0, 0.05) is 42.6 Å². The fraction of sp³-hybridized carbons (Fsp3) is 0.273. The molecule has 0 unspecified atom stereocenters. The largest absolute Gasteiger partial charge is 0.493 e. The summed E-state index contributed by atoms with van der Waals surface area (Å²) in [6.45, 7) is 2.49. The first-order valence-corrected chi connectivity index (χ1v) is 9.23. The van der Waals surface area contributed by atoms with Crippen LogP contribution < -0.4 is 19.7 Å². The van der Waals surface area contributed by atoms with E-state index in [4.69, 9.17) is 9.47 Å². The van der Waals surface area contributed by atoms with Gasteiger partial charge >= 0.3 is 0 Å². The van der Waals surface area contributed by atoms with Gasteiger partial charge in [0.1, 0.15) is 11.9 Å². The Morgan fingerprint density at radius 2 is 1.82 bits per heavy atom. The van der Waals surface area contributed by atoms with Crippen LogP contribution in [0.2, 0.25) is 0 Å². The Morgan fingerprint density at radius 3 is 2.50 bits per heavy atom. The molecule has 1 saturated heterocycles. The summed E-state index contributed by atoms with van der Waals surface area (Å²) in [5, 5.41) is 14.8. The number of nitrogens with zero attached hydrogens (tertiary/aromatic N) is 3. The van der Waals surface area contributed by atoms with Crippen LogP contribution in [0.4, 0.5) is 5.82 Å². The van der Waals surface area contributed by atoms with Crippen molar-refractivity contribution in [3.63, 3.8) is 0 Å². The first kappa shape index (κ1) is 18.1. The summed E-state index contributed by atoms with van der Waals surface area (Å²) >= 11 is 0. The van der Waals surface area contributed by atoms with Crippen LogP contribution in [0.3, 0.4) is 0 Å². The van der Waals surface area contributed by atoms with Gasteiger partial charge in [-0.1, -0.05) is 30.3 Å². The number of hydrogen-bond donors (Lipinski definition) is 1. The molecule has 2 aromatic carbocycles. The van der Waals surface area contributed by atoms with E-state index in [1.807, 2.05) is 18.2 Å². The standard InChI is InChI=1S/C22H22N4O2/c1-27-20-10-17-16(12-23)13-25-22(18(17)11-21(20)28-2)26-9-8-24-19(14-26)15-6-4-3-5-7-15/h3-7,10-11,13,19,24H,8-9,14H2,1-2H3/t19-/m0/s1. The molecule has 1 N–H and O–H groups in total. The Bertz CT molecular complexity index is 1030. The summed E-state index contributed by atoms with van der Waals surface area (Å²) < 4.78 is 10.9. The molecule has 3 aromatic rings. The van der Waals surface area contributed by atoms with Crippen molar-refractivity contribution >= 4 is 16.6 Å². The summed E-state index contributed by atoms with van der Waals surface area (Å²) in [5.74, 6) is 2.09. The first-order chi connectivity index (χ1) is 13.7. The molecule has 1 atom stereocenters. The number of piperazine rings is 1. The van der Waals surface area contributed by atoms with Gasteiger partial charge in [0.25, 0.3) is 0 Å². The monoisotopic (exact) mass is 374 g/mol. The number of hydrogen-bond acceptors (Lipinski definition) is 6. The Morgan fingerprint density at radius 1 is 1.11 bits per heavy atom. The molecule has 0 aliphatic carbocycles. The molecule has 0 spiro atoms. The number of nitrogens with one attached hydrogen (secondary N) is 1. The van der Waals surface area contributed by atoms with E-state index >= 15 is 0 Å². The number of ether oxygens (including phenoxy) is 2. The van der Waals surface area contributed by atoms with Crippen LogP contribution in [0.25, 0.3) is 10.8 Å². The topological polar surface area (TPSA) is 70.4 Å². The van der Waals surface area contributed by atoms with Gasteiger partial charge in [-0.25, -0.2) is 4.98 Å². The van der Waals surface area contributed by atoms with Crippen molar-refractivity contribution in [2.45, 2.75) is 6.04 Å². The lowest BCUT2D eigenvalue weighted by Crippen LogP contribution is -2.46. The zero-order chi connectivity index (χ0) is 19.5. The third-order valence-electron chi connectivity index (χ3n) is 5.17. The molecule has 6 heteroatoms. The second-order valence-corrected chi connectivity index (χ2v) is 6.72. The number of aromatic nitrogens is 1. The van der Waals surface area contributed by atoms with Crippen LogP contribution in [0.1, 0.15) is 17.2 Å². The molecular formula is C22H22N4O2. The number of benzene rings is 2. The van der Waals surface area contributed by atoms with Crippen LogP contribution >= 0.6 is 0 Å². The lowest BCUT2D eigenvalue weighted by atomic mass is 10.0. The van der Waals surface area contributed by atoms with Gasteiger partial charge < -0.3 is 19.7 Å². The van der Waals surface area contributed by atoms with Crippen molar-refractivity contribution in [3.8, 4) is 17.6 Å². The smallest absolute Gasteiger partial charge is 0.161 e. The van der Waals surface area contributed by atoms with Crippen molar-refractivity contribution in [3.05, 3.63) is 59.8 Å². The van der Waals surface area contributed by atoms with Crippen molar-refractivity contribution in [1.29, 1.82) is 5.26 Å². The number of fused-ring (bicyclic) bond motifs is 1. The molecule has 142 valence electrons. The molecule has 28 heavy (non-hydrogen) atoms. The number of rotatable bonds is 4. The summed E-state index contributed by atoms with van der Waals surface area (Å²) in [4.78, 5) is 6.91. The minimum Gasteiger partial charge on any atom is -0.493 e. The molecule has 1 aromatic heterocycles. The van der Waals surface area contributed by atoms with Crippen LogP contribution in [0.5, 0.6) is 11.5 Å². The van der Waals surface area contributed by atoms with Gasteiger partial charge in [-0.05, 0) is 17.7 Å². The minimum absolute atomic E-state index is 0.225. The number of methoxy groups -OCH3 is 2. The van der Waals surface area contributed by atoms with Gasteiger partial charge in [-0.2, -0.15) is 5.26 Å². The highest BCUT2D eigenvalue weighted by Crippen LogP contribution is 2.37. The average molecular weight is 374 g/mol. The Kier molecular flexibility index (Phi) is 5.00. The summed E-state index contributed by atoms with van der Waals surface area (Å²) in [5.41, 5.74) is 1.78. The molecule has 6 nitrogen and oxygen atoms in total. The van der Waals surface area contributed by atoms with E-state index in [9.17, 15) is 5.26 Å². The molecule has 0 saturated carbocycles. The van der Waals surface area contributed by atoms with E-state index in [-0.39, 0.29) is 6.04 Å². The second kappa shape index (κ2) is 7.75. The Labute approximate surface area is 164 Å². The Hall–Kier alpha value is -3.30. The van der Waals surface area contributed by atoms with Crippen molar-refractivity contribution in [2.75, 3.05) is 38.8 Å². The molecule has 1 aliphatic heterocycles. The molecule has 1 fully saturated rings. The lowest BCUT2D eigenvalue weighted by Gasteiger charge is -2.35. The van der Waals surface area contributed by atoms with Crippen molar-refractivity contribution in [1.82, 2.24) is 10.3 Å². The summed E-state index contributed by atoms with van der Waals surface area (Å²) in [7, 11) is 3.21. The maximum atomic E-state index is 9.53. The van der Waals surface area contributed by atoms with Crippen LogP contribution in [-0.4, -0.2) is 38.8 Å². The average Bonchev–Trinajstić information content (AvgIpc) is 2.78. The number of nitriles is 1. The third kappa shape index (κ3) is 3.21. The normalized spacial score (nSPS) is 16.6. The van der Waals surface area contributed by atoms with E-state index < -0.39 is 0 Å². The van der Waals surface area contributed by atoms with Crippen molar-refractivity contribution < 1.29 is 9.47 Å². The highest BCUT2D eigenvalue weighted by atomic mass is 16.5. The molecule has 0 radical (unpaired) electrons. The molecule has 0 amide bonds. The van der Waals surface area contributed by atoms with E-state index in [2.05, 4.69) is 45.5 Å². The van der Waals surface area contributed by atoms with Crippen LogP contribution in [0.15, 0.2) is 48.7 Å². The van der Waals surface area contributed by atoms with E-state index in [0.717, 1.165) is 36.2 Å². The number of pyridine rings is 1. The van der Waals surface area contributed by atoms with Gasteiger partial charge in [-0.15, -0.1) is 0 Å². The van der Waals surface area contributed by atoms with Crippen LogP contribution in [0, 0.1) is 11.3 Å². The van der Waals surface area contributed by atoms with Gasteiger partial charge in [0.15, 0.2) is 11.5 Å². The molecule has 0 bridgehead atoms. The molecule has 2 heterocycles. The SMILES string of the molecule is COc1cc2c(C#N)cnc(N3CCN[C@H](c4ccccc4)C3)c2cc1OC. The summed E-state index contributed by atoms with van der Waals surface area (Å²) in [6, 6.07) is 16.6. The van der Waals surface area contributed by atoms with Gasteiger partial charge in [0.2, 0.25) is 0 Å². The summed E-state index contributed by atoms with van der Waals surface area (Å²) in [6.07, 6.45) is 1.64. The van der Waals surface area contributed by atoms with E-state index in [1.54, 1.807) is 20.4 Å². The predicted octanol–water partition coefficient (Wildman–Crippen LogP) is 3.27. The molecule has 4 rings (SSSR count). The fourth-order valence-corrected chi connectivity index (χ4v) is 3.74. The third-order valence-corrected chi connectivity index (χ3v) is 5.17. The zero-order valence-electron chi connectivity index (χ0n) is 16.0. The van der Waals surface area contributed by atoms with Crippen LogP contribution in [-0.2, 0) is 0 Å². The molecular weight excluding hydrogens is 352 g/mol. The maximum Gasteiger partial charge on any atom is 0.161 e. The fourth-order valence-electron chi connectivity index (χ4n) is 3.74. The van der Waals surface area contributed by atoms with E-state index in [0.29, 0.717) is 17.1 Å². The lowest BCUT2D eigenvalue weighted by molar-refractivity contribution is 0.356. The maximum absolute atomic E-state index is 9.53. The molecule has 1 aliphatic rings. The highest BCUT2D eigenvalue weighted by Gasteiger charge is 2.24. The number of anilines is 1. The quantitative estimate of drug-likeness (QED) is 0.756. The van der Waals surface area contributed by atoms with Gasteiger partial charge in [-0.3, -0.25) is 0 Å². The predicted molar refractivity (Wildman–Crippen MR) is 109 cm³/mol. The Balaban J connectivity index is 1.79. The van der Waals surface area contributed by atoms with Crippen molar-refractivity contribution in [2.24, 2.45) is 0 Å². The first-order valence-electron chi connectivity index (χ1n) is 9.23. The minimum atomic E-state index is 0.225. The zero-order valence-corrected chi connectivity index (χ0v) is 16.0. The highest BCUT2D eigenvalue weighted by molar-refractivity contribution is 5.98.